The van der Waals surface area contributed by atoms with Crippen LogP contribution in [-0.2, 0) is 0 Å². The number of aromatic nitrogens is 1. The molecule has 0 atom stereocenters. The Hall–Kier alpha value is -1.29. The highest BCUT2D eigenvalue weighted by Crippen LogP contribution is 2.25. The first kappa shape index (κ1) is 6.42. The van der Waals surface area contributed by atoms with E-state index in [1.54, 1.807) is 17.4 Å². The van der Waals surface area contributed by atoms with E-state index in [2.05, 4.69) is 5.16 Å². The smallest absolute Gasteiger partial charge is 0.178 e. The van der Waals surface area contributed by atoms with Gasteiger partial charge in [-0.25, -0.2) is 0 Å². The zero-order valence-corrected chi connectivity index (χ0v) is 6.47. The first-order chi connectivity index (χ1) is 5.36. The van der Waals surface area contributed by atoms with E-state index in [-0.39, 0.29) is 0 Å². The topological polar surface area (TPSA) is 52.0 Å². The Morgan fingerprint density at radius 2 is 2.45 bits per heavy atom. The van der Waals surface area contributed by atoms with Gasteiger partial charge in [-0.2, -0.15) is 0 Å². The van der Waals surface area contributed by atoms with Crippen molar-refractivity contribution >= 4 is 17.2 Å². The first-order valence-corrected chi connectivity index (χ1v) is 4.00. The Morgan fingerprint density at radius 3 is 3.00 bits per heavy atom. The van der Waals surface area contributed by atoms with Crippen LogP contribution in [0.5, 0.6) is 0 Å². The molecule has 3 nitrogen and oxygen atoms in total. The number of hydrogen-bond donors (Lipinski definition) is 1. The average molecular weight is 166 g/mol. The third kappa shape index (κ3) is 1.12. The maximum atomic E-state index is 5.38. The van der Waals surface area contributed by atoms with Crippen LogP contribution < -0.4 is 5.73 Å². The fraction of sp³-hybridized carbons (Fsp3) is 0. The molecule has 11 heavy (non-hydrogen) atoms. The molecule has 0 spiro atoms. The average Bonchev–Trinajstić information content (AvgIpc) is 2.55. The Labute approximate surface area is 67.4 Å². The monoisotopic (exact) mass is 166 g/mol. The molecule has 0 unspecified atom stereocenters. The summed E-state index contributed by atoms with van der Waals surface area (Å²) in [5.74, 6) is 1.16. The molecule has 4 heteroatoms. The van der Waals surface area contributed by atoms with E-state index < -0.39 is 0 Å². The maximum absolute atomic E-state index is 5.38. The Bertz CT molecular complexity index is 339. The summed E-state index contributed by atoms with van der Waals surface area (Å²) in [4.78, 5) is 1.05. The van der Waals surface area contributed by atoms with Gasteiger partial charge in [0.2, 0.25) is 0 Å². The van der Waals surface area contributed by atoms with Crippen molar-refractivity contribution in [1.82, 2.24) is 5.16 Å². The summed E-state index contributed by atoms with van der Waals surface area (Å²) in [6, 6.07) is 5.63. The number of hydrogen-bond acceptors (Lipinski definition) is 4. The van der Waals surface area contributed by atoms with Crippen LogP contribution in [0.3, 0.4) is 0 Å². The van der Waals surface area contributed by atoms with Crippen molar-refractivity contribution in [3.05, 3.63) is 23.6 Å². The van der Waals surface area contributed by atoms with Gasteiger partial charge in [-0.1, -0.05) is 11.2 Å². The molecule has 2 N–H and O–H groups in total. The van der Waals surface area contributed by atoms with Gasteiger partial charge in [-0.05, 0) is 11.4 Å². The number of thiophene rings is 1. The summed E-state index contributed by atoms with van der Waals surface area (Å²) in [6.07, 6.45) is 0. The van der Waals surface area contributed by atoms with Crippen LogP contribution >= 0.6 is 11.3 Å². The van der Waals surface area contributed by atoms with Gasteiger partial charge in [0.1, 0.15) is 0 Å². The lowest BCUT2D eigenvalue weighted by Crippen LogP contribution is -1.79. The molecule has 2 aromatic rings. The lowest BCUT2D eigenvalue weighted by atomic mass is 10.4. The lowest BCUT2D eigenvalue weighted by Gasteiger charge is -1.82. The van der Waals surface area contributed by atoms with E-state index in [0.717, 1.165) is 10.6 Å². The predicted octanol–water partition coefficient (Wildman–Crippen LogP) is 1.99. The Balaban J connectivity index is 2.45. The van der Waals surface area contributed by atoms with Gasteiger partial charge in [0.15, 0.2) is 11.6 Å². The van der Waals surface area contributed by atoms with E-state index in [1.165, 1.54) is 0 Å². The molecular formula is C7H6N2OS. The summed E-state index contributed by atoms with van der Waals surface area (Å²) >= 11 is 1.60. The van der Waals surface area contributed by atoms with Gasteiger partial charge < -0.3 is 10.3 Å². The van der Waals surface area contributed by atoms with Crippen LogP contribution in [0.25, 0.3) is 10.6 Å². The highest BCUT2D eigenvalue weighted by Gasteiger charge is 2.03. The molecule has 2 heterocycles. The zero-order valence-electron chi connectivity index (χ0n) is 5.65. The largest absolute Gasteiger partial charge is 0.381 e. The summed E-state index contributed by atoms with van der Waals surface area (Å²) in [6.45, 7) is 0. The van der Waals surface area contributed by atoms with Crippen molar-refractivity contribution in [1.29, 1.82) is 0 Å². The summed E-state index contributed by atoms with van der Waals surface area (Å²) < 4.78 is 4.94. The van der Waals surface area contributed by atoms with Crippen molar-refractivity contribution in [3.8, 4) is 10.6 Å². The molecule has 2 aromatic heterocycles. The molecule has 0 saturated heterocycles. The van der Waals surface area contributed by atoms with Gasteiger partial charge in [0.25, 0.3) is 0 Å². The zero-order chi connectivity index (χ0) is 7.68. The third-order valence-electron chi connectivity index (χ3n) is 1.29. The molecule has 0 aliphatic heterocycles. The van der Waals surface area contributed by atoms with Crippen LogP contribution in [-0.4, -0.2) is 5.16 Å². The normalized spacial score (nSPS) is 10.2. The van der Waals surface area contributed by atoms with Crippen LogP contribution in [0.2, 0.25) is 0 Å². The fourth-order valence-electron chi connectivity index (χ4n) is 0.824. The van der Waals surface area contributed by atoms with Crippen LogP contribution in [0.1, 0.15) is 0 Å². The lowest BCUT2D eigenvalue weighted by molar-refractivity contribution is 0.436. The molecule has 0 fully saturated rings. The van der Waals surface area contributed by atoms with Crippen molar-refractivity contribution in [2.75, 3.05) is 5.73 Å². The molecule has 0 aliphatic carbocycles. The quantitative estimate of drug-likeness (QED) is 0.704. The van der Waals surface area contributed by atoms with Crippen molar-refractivity contribution < 1.29 is 4.52 Å². The number of nitrogens with zero attached hydrogens (tertiary/aromatic N) is 1. The highest BCUT2D eigenvalue weighted by molar-refractivity contribution is 7.13. The number of rotatable bonds is 1. The Morgan fingerprint density at radius 1 is 1.55 bits per heavy atom. The third-order valence-corrected chi connectivity index (χ3v) is 2.18. The molecule has 0 saturated carbocycles. The standard InChI is InChI=1S/C7H6N2OS/c8-7-4-5(10-9-7)6-2-1-3-11-6/h1-4H,(H2,8,9). The van der Waals surface area contributed by atoms with E-state index in [0.29, 0.717) is 5.82 Å². The highest BCUT2D eigenvalue weighted by atomic mass is 32.1. The van der Waals surface area contributed by atoms with Gasteiger partial charge >= 0.3 is 0 Å². The molecule has 0 aromatic carbocycles. The van der Waals surface area contributed by atoms with E-state index in [4.69, 9.17) is 10.3 Å². The van der Waals surface area contributed by atoms with Gasteiger partial charge in [-0.15, -0.1) is 11.3 Å². The van der Waals surface area contributed by atoms with E-state index in [1.807, 2.05) is 17.5 Å². The second kappa shape index (κ2) is 2.39. The van der Waals surface area contributed by atoms with Gasteiger partial charge in [0, 0.05) is 6.07 Å². The molecule has 2 rings (SSSR count). The van der Waals surface area contributed by atoms with Gasteiger partial charge in [-0.3, -0.25) is 0 Å². The molecule has 0 bridgehead atoms. The SMILES string of the molecule is Nc1cc(-c2cccs2)on1. The predicted molar refractivity (Wildman–Crippen MR) is 44.2 cm³/mol. The van der Waals surface area contributed by atoms with E-state index >= 15 is 0 Å². The summed E-state index contributed by atoms with van der Waals surface area (Å²) in [5.41, 5.74) is 5.38. The van der Waals surface area contributed by atoms with Crippen LogP contribution in [0.4, 0.5) is 5.82 Å². The first-order valence-electron chi connectivity index (χ1n) is 3.12. The molecule has 0 aliphatic rings. The maximum Gasteiger partial charge on any atom is 0.178 e. The fourth-order valence-corrected chi connectivity index (χ4v) is 1.50. The molecular weight excluding hydrogens is 160 g/mol. The van der Waals surface area contributed by atoms with Crippen molar-refractivity contribution in [3.63, 3.8) is 0 Å². The Kier molecular flexibility index (Phi) is 1.40. The minimum absolute atomic E-state index is 0.424. The molecule has 0 radical (unpaired) electrons. The second-order valence-corrected chi connectivity index (χ2v) is 3.04. The molecule has 56 valence electrons. The van der Waals surface area contributed by atoms with Crippen LogP contribution in [0, 0.1) is 0 Å². The second-order valence-electron chi connectivity index (χ2n) is 2.09. The number of anilines is 1. The minimum atomic E-state index is 0.424. The van der Waals surface area contributed by atoms with Crippen molar-refractivity contribution in [2.24, 2.45) is 0 Å². The molecule has 0 amide bonds. The number of nitrogens with two attached hydrogens (primary N) is 1. The van der Waals surface area contributed by atoms with Gasteiger partial charge in [0.05, 0.1) is 4.88 Å². The van der Waals surface area contributed by atoms with Crippen molar-refractivity contribution in [2.45, 2.75) is 0 Å². The van der Waals surface area contributed by atoms with E-state index in [9.17, 15) is 0 Å². The minimum Gasteiger partial charge on any atom is -0.381 e. The summed E-state index contributed by atoms with van der Waals surface area (Å²) in [7, 11) is 0. The number of nitrogen functional groups attached to an aromatic ring is 1. The van der Waals surface area contributed by atoms with Crippen LogP contribution in [0.15, 0.2) is 28.1 Å². The summed E-state index contributed by atoms with van der Waals surface area (Å²) in [5, 5.41) is 5.56.